The molecule has 0 radical (unpaired) electrons. The van der Waals surface area contributed by atoms with Crippen molar-refractivity contribution in [1.82, 2.24) is 10.2 Å². The lowest BCUT2D eigenvalue weighted by molar-refractivity contribution is -0.141. The van der Waals surface area contributed by atoms with Gasteiger partial charge in [0.05, 0.1) is 0 Å². The summed E-state index contributed by atoms with van der Waals surface area (Å²) in [5.41, 5.74) is 3.19. The highest BCUT2D eigenvalue weighted by molar-refractivity contribution is 6.30. The van der Waals surface area contributed by atoms with Gasteiger partial charge >= 0.3 is 0 Å². The molecule has 0 aromatic heterocycles. The van der Waals surface area contributed by atoms with E-state index in [1.807, 2.05) is 61.5 Å². The molecule has 0 unspecified atom stereocenters. The fourth-order valence-corrected chi connectivity index (χ4v) is 4.28. The zero-order chi connectivity index (χ0) is 22.8. The Morgan fingerprint density at radius 1 is 1.06 bits per heavy atom. The van der Waals surface area contributed by atoms with Crippen molar-refractivity contribution in [2.45, 2.75) is 64.5 Å². The quantitative estimate of drug-likeness (QED) is 0.435. The Labute approximate surface area is 196 Å². The summed E-state index contributed by atoms with van der Waals surface area (Å²) in [6.07, 6.45) is 9.05. The Morgan fingerprint density at radius 3 is 2.47 bits per heavy atom. The van der Waals surface area contributed by atoms with E-state index in [9.17, 15) is 9.59 Å². The molecule has 2 amide bonds. The van der Waals surface area contributed by atoms with Crippen molar-refractivity contribution >= 4 is 23.4 Å². The average Bonchev–Trinajstić information content (AvgIpc) is 2.81. The van der Waals surface area contributed by atoms with Crippen LogP contribution in [0.4, 0.5) is 0 Å². The summed E-state index contributed by atoms with van der Waals surface area (Å²) >= 11 is 6.04. The average molecular weight is 453 g/mol. The molecule has 0 saturated heterocycles. The first kappa shape index (κ1) is 24.1. The summed E-state index contributed by atoms with van der Waals surface area (Å²) < 4.78 is 0. The summed E-state index contributed by atoms with van der Waals surface area (Å²) in [5, 5.41) is 3.75. The lowest BCUT2D eigenvalue weighted by Crippen LogP contribution is -2.43. The van der Waals surface area contributed by atoms with Crippen LogP contribution in [0.3, 0.4) is 0 Å². The number of rotatable bonds is 10. The fourth-order valence-electron chi connectivity index (χ4n) is 4.15. The Hall–Kier alpha value is -2.59. The van der Waals surface area contributed by atoms with Crippen molar-refractivity contribution in [3.05, 3.63) is 82.4 Å². The predicted octanol–water partition coefficient (Wildman–Crippen LogP) is 6.22. The van der Waals surface area contributed by atoms with Crippen LogP contribution in [-0.4, -0.2) is 23.3 Å². The summed E-state index contributed by atoms with van der Waals surface area (Å²) in [7, 11) is 0. The number of carbonyl (C=O) groups is 2. The van der Waals surface area contributed by atoms with Crippen LogP contribution in [0.15, 0.2) is 66.2 Å². The molecule has 2 aromatic rings. The number of carbonyl (C=O) groups excluding carboxylic acids is 2. The Balaban J connectivity index is 1.82. The van der Waals surface area contributed by atoms with Gasteiger partial charge in [-0.1, -0.05) is 72.6 Å². The van der Waals surface area contributed by atoms with E-state index in [0.29, 0.717) is 24.5 Å². The van der Waals surface area contributed by atoms with E-state index in [0.717, 1.165) is 36.8 Å². The number of amides is 2. The molecule has 4 nitrogen and oxygen atoms in total. The minimum absolute atomic E-state index is 0.0264. The lowest BCUT2D eigenvalue weighted by Gasteiger charge is -2.32. The topological polar surface area (TPSA) is 49.4 Å². The van der Waals surface area contributed by atoms with Gasteiger partial charge in [-0.15, -0.1) is 0 Å². The summed E-state index contributed by atoms with van der Waals surface area (Å²) in [4.78, 5) is 28.3. The monoisotopic (exact) mass is 452 g/mol. The summed E-state index contributed by atoms with van der Waals surface area (Å²) in [5.74, 6) is -0.160. The van der Waals surface area contributed by atoms with E-state index in [1.165, 1.54) is 18.4 Å². The third-order valence-electron chi connectivity index (χ3n) is 5.86. The molecule has 0 heterocycles. The molecule has 0 spiro atoms. The third-order valence-corrected chi connectivity index (χ3v) is 6.11. The van der Waals surface area contributed by atoms with E-state index < -0.39 is 6.04 Å². The van der Waals surface area contributed by atoms with E-state index in [1.54, 1.807) is 4.90 Å². The molecule has 170 valence electrons. The second-order valence-electron chi connectivity index (χ2n) is 8.36. The molecule has 1 atom stereocenters. The van der Waals surface area contributed by atoms with Crippen molar-refractivity contribution < 1.29 is 9.59 Å². The second kappa shape index (κ2) is 12.4. The molecule has 3 rings (SSSR count). The highest BCUT2D eigenvalue weighted by Gasteiger charge is 2.31. The lowest BCUT2D eigenvalue weighted by atomic mass is 9.97. The van der Waals surface area contributed by atoms with Gasteiger partial charge in [-0.05, 0) is 61.8 Å². The van der Waals surface area contributed by atoms with Crippen molar-refractivity contribution in [3.63, 3.8) is 0 Å². The van der Waals surface area contributed by atoms with E-state index >= 15 is 0 Å². The van der Waals surface area contributed by atoms with Gasteiger partial charge in [0.2, 0.25) is 11.8 Å². The van der Waals surface area contributed by atoms with Gasteiger partial charge in [0.15, 0.2) is 0 Å². The fraction of sp³-hybridized carbons (Fsp3) is 0.407. The number of hydrogen-bond acceptors (Lipinski definition) is 2. The molecular weight excluding hydrogens is 420 g/mol. The Kier molecular flexibility index (Phi) is 9.36. The summed E-state index contributed by atoms with van der Waals surface area (Å²) in [6.45, 7) is 2.92. The molecule has 1 aliphatic carbocycles. The van der Waals surface area contributed by atoms with E-state index in [4.69, 9.17) is 11.6 Å². The van der Waals surface area contributed by atoms with Crippen molar-refractivity contribution in [2.24, 2.45) is 0 Å². The minimum Gasteiger partial charge on any atom is -0.354 e. The Bertz CT molecular complexity index is 909. The molecule has 0 aliphatic heterocycles. The van der Waals surface area contributed by atoms with Gasteiger partial charge in [-0.2, -0.15) is 0 Å². The normalized spacial score (nSPS) is 14.4. The smallest absolute Gasteiger partial charge is 0.247 e. The number of benzene rings is 2. The highest BCUT2D eigenvalue weighted by atomic mass is 35.5. The van der Waals surface area contributed by atoms with Crippen LogP contribution in [0.25, 0.3) is 0 Å². The maximum Gasteiger partial charge on any atom is 0.247 e. The number of nitrogens with one attached hydrogen (secondary N) is 1. The Morgan fingerprint density at radius 2 is 1.81 bits per heavy atom. The van der Waals surface area contributed by atoms with Crippen molar-refractivity contribution in [3.8, 4) is 0 Å². The van der Waals surface area contributed by atoms with Gasteiger partial charge < -0.3 is 10.2 Å². The van der Waals surface area contributed by atoms with Crippen LogP contribution in [0.1, 0.15) is 69.0 Å². The predicted molar refractivity (Wildman–Crippen MR) is 130 cm³/mol. The van der Waals surface area contributed by atoms with Crippen molar-refractivity contribution in [1.29, 1.82) is 0 Å². The number of hydrogen-bond donors (Lipinski definition) is 1. The molecule has 1 aliphatic rings. The molecule has 0 fully saturated rings. The molecule has 0 saturated carbocycles. The van der Waals surface area contributed by atoms with Crippen LogP contribution in [0.2, 0.25) is 5.02 Å². The zero-order valence-electron chi connectivity index (χ0n) is 18.9. The molecule has 2 aromatic carbocycles. The van der Waals surface area contributed by atoms with Gasteiger partial charge in [0.25, 0.3) is 0 Å². The number of halogens is 1. The van der Waals surface area contributed by atoms with Crippen LogP contribution < -0.4 is 5.32 Å². The van der Waals surface area contributed by atoms with Crippen LogP contribution in [0.5, 0.6) is 0 Å². The first-order chi connectivity index (χ1) is 15.6. The molecule has 32 heavy (non-hydrogen) atoms. The third kappa shape index (κ3) is 6.96. The first-order valence-electron chi connectivity index (χ1n) is 11.6. The molecule has 0 bridgehead atoms. The van der Waals surface area contributed by atoms with Crippen LogP contribution in [-0.2, 0) is 16.1 Å². The first-order valence-corrected chi connectivity index (χ1v) is 12.0. The van der Waals surface area contributed by atoms with E-state index in [-0.39, 0.29) is 11.8 Å². The van der Waals surface area contributed by atoms with E-state index in [2.05, 4.69) is 11.4 Å². The number of allylic oxidation sites excluding steroid dienone is 1. The van der Waals surface area contributed by atoms with Gasteiger partial charge in [0, 0.05) is 24.5 Å². The second-order valence-corrected chi connectivity index (χ2v) is 8.80. The standard InChI is InChI=1S/C27H33ClN2O2/c1-2-9-25(31)30(20-22-14-16-24(28)17-15-22)26(23-12-7-4-8-13-23)27(32)29-19-18-21-10-5-3-6-11-21/h4,7-8,10,12-17,26H,2-3,5-6,9,11,18-20H2,1H3,(H,29,32)/t26-/m1/s1. The van der Waals surface area contributed by atoms with Gasteiger partial charge in [0.1, 0.15) is 6.04 Å². The maximum atomic E-state index is 13.4. The summed E-state index contributed by atoms with van der Waals surface area (Å²) in [6, 6.07) is 16.3. The van der Waals surface area contributed by atoms with Gasteiger partial charge in [-0.3, -0.25) is 9.59 Å². The maximum absolute atomic E-state index is 13.4. The van der Waals surface area contributed by atoms with Crippen molar-refractivity contribution in [2.75, 3.05) is 6.54 Å². The van der Waals surface area contributed by atoms with Crippen LogP contribution >= 0.6 is 11.6 Å². The van der Waals surface area contributed by atoms with Gasteiger partial charge in [-0.25, -0.2) is 0 Å². The van der Waals surface area contributed by atoms with Crippen LogP contribution in [0, 0.1) is 0 Å². The largest absolute Gasteiger partial charge is 0.354 e. The highest BCUT2D eigenvalue weighted by Crippen LogP contribution is 2.26. The SMILES string of the molecule is CCCC(=O)N(Cc1ccc(Cl)cc1)[C@@H](C(=O)NCCC1=CCCCC1)c1ccccc1. The minimum atomic E-state index is -0.675. The molecular formula is C27H33ClN2O2. The zero-order valence-corrected chi connectivity index (χ0v) is 19.6. The number of nitrogens with zero attached hydrogens (tertiary/aromatic N) is 1. The molecule has 5 heteroatoms. The molecule has 1 N–H and O–H groups in total.